The van der Waals surface area contributed by atoms with E-state index in [1.807, 2.05) is 19.1 Å². The third kappa shape index (κ3) is 6.71. The number of aliphatic hydroxyl groups excluding tert-OH is 2. The number of carbonyl (C=O) groups is 1. The van der Waals surface area contributed by atoms with Crippen LogP contribution in [0.25, 0.3) is 0 Å². The average molecular weight is 322 g/mol. The maximum atomic E-state index is 11.5. The van der Waals surface area contributed by atoms with Gasteiger partial charge in [-0.15, -0.1) is 0 Å². The number of rotatable bonds is 8. The summed E-state index contributed by atoms with van der Waals surface area (Å²) in [6.07, 6.45) is 6.62. The van der Waals surface area contributed by atoms with Gasteiger partial charge in [-0.25, -0.2) is 0 Å². The second-order valence-corrected chi connectivity index (χ2v) is 6.63. The highest BCUT2D eigenvalue weighted by Crippen LogP contribution is 2.31. The zero-order valence-corrected chi connectivity index (χ0v) is 14.5. The molecule has 4 nitrogen and oxygen atoms in total. The van der Waals surface area contributed by atoms with Crippen LogP contribution in [0, 0.1) is 11.8 Å². The average Bonchev–Trinajstić information content (AvgIpc) is 2.52. The molecule has 0 aromatic carbocycles. The molecule has 0 aliphatic heterocycles. The summed E-state index contributed by atoms with van der Waals surface area (Å²) in [5.74, 6) is -0.132. The summed E-state index contributed by atoms with van der Waals surface area (Å²) in [5.41, 5.74) is 2.88. The zero-order valence-electron chi connectivity index (χ0n) is 14.5. The van der Waals surface area contributed by atoms with Gasteiger partial charge in [0.05, 0.1) is 18.6 Å². The fourth-order valence-corrected chi connectivity index (χ4v) is 2.53. The molecule has 1 rings (SSSR count). The van der Waals surface area contributed by atoms with Crippen LogP contribution >= 0.6 is 0 Å². The summed E-state index contributed by atoms with van der Waals surface area (Å²) >= 11 is 0. The number of esters is 1. The standard InChI is InChI=1S/C19H30O4/c1-13(2)19(22)23-12-17-9-8-16(10-18(17)21)15(4)7-5-6-14(3)11-20/h6,9,13,16,18,20-21H,4-5,7-8,10-12H2,1-3H3/b14-6+. The van der Waals surface area contributed by atoms with Crippen LogP contribution in [-0.2, 0) is 9.53 Å². The Morgan fingerprint density at radius 1 is 1.52 bits per heavy atom. The number of carbonyl (C=O) groups excluding carboxylic acids is 1. The molecule has 23 heavy (non-hydrogen) atoms. The fraction of sp³-hybridized carbons (Fsp3) is 0.632. The first kappa shape index (κ1) is 19.7. The first-order valence-corrected chi connectivity index (χ1v) is 8.32. The van der Waals surface area contributed by atoms with Crippen molar-refractivity contribution in [3.8, 4) is 0 Å². The number of hydrogen-bond acceptors (Lipinski definition) is 4. The van der Waals surface area contributed by atoms with E-state index >= 15 is 0 Å². The van der Waals surface area contributed by atoms with E-state index in [-0.39, 0.29) is 31.0 Å². The molecular formula is C19H30O4. The van der Waals surface area contributed by atoms with Crippen molar-refractivity contribution >= 4 is 5.97 Å². The summed E-state index contributed by atoms with van der Waals surface area (Å²) in [6.45, 7) is 9.90. The smallest absolute Gasteiger partial charge is 0.308 e. The lowest BCUT2D eigenvalue weighted by molar-refractivity contribution is -0.146. The molecule has 0 saturated heterocycles. The highest BCUT2D eigenvalue weighted by atomic mass is 16.5. The SMILES string of the molecule is C=C(CC/C=C(\C)CO)C1CC=C(COC(=O)C(C)C)C(O)C1. The van der Waals surface area contributed by atoms with Crippen molar-refractivity contribution in [3.05, 3.63) is 35.5 Å². The molecule has 0 spiro atoms. The predicted molar refractivity (Wildman–Crippen MR) is 91.8 cm³/mol. The van der Waals surface area contributed by atoms with Crippen molar-refractivity contribution in [2.75, 3.05) is 13.2 Å². The third-order valence-corrected chi connectivity index (χ3v) is 4.24. The number of ether oxygens (including phenoxy) is 1. The lowest BCUT2D eigenvalue weighted by Gasteiger charge is -2.28. The molecule has 0 aromatic rings. The van der Waals surface area contributed by atoms with Crippen LogP contribution < -0.4 is 0 Å². The minimum Gasteiger partial charge on any atom is -0.461 e. The van der Waals surface area contributed by atoms with E-state index in [4.69, 9.17) is 9.84 Å². The van der Waals surface area contributed by atoms with Crippen molar-refractivity contribution in [2.24, 2.45) is 11.8 Å². The molecule has 130 valence electrons. The monoisotopic (exact) mass is 322 g/mol. The first-order valence-electron chi connectivity index (χ1n) is 8.32. The summed E-state index contributed by atoms with van der Waals surface area (Å²) in [7, 11) is 0. The van der Waals surface area contributed by atoms with Gasteiger partial charge in [0.25, 0.3) is 0 Å². The number of allylic oxidation sites excluding steroid dienone is 3. The highest BCUT2D eigenvalue weighted by Gasteiger charge is 2.25. The predicted octanol–water partition coefficient (Wildman–Crippen LogP) is 3.16. The van der Waals surface area contributed by atoms with Gasteiger partial charge in [0, 0.05) is 0 Å². The van der Waals surface area contributed by atoms with Crippen molar-refractivity contribution in [1.82, 2.24) is 0 Å². The normalized spacial score (nSPS) is 22.0. The minimum atomic E-state index is -0.569. The van der Waals surface area contributed by atoms with E-state index < -0.39 is 6.10 Å². The molecule has 0 radical (unpaired) electrons. The molecule has 4 heteroatoms. The Bertz CT molecular complexity index is 474. The fourth-order valence-electron chi connectivity index (χ4n) is 2.53. The van der Waals surface area contributed by atoms with Crippen LogP contribution in [0.5, 0.6) is 0 Å². The molecule has 0 aromatic heterocycles. The second kappa shape index (κ2) is 9.68. The second-order valence-electron chi connectivity index (χ2n) is 6.63. The number of hydrogen-bond donors (Lipinski definition) is 2. The quantitative estimate of drug-likeness (QED) is 0.532. The highest BCUT2D eigenvalue weighted by molar-refractivity contribution is 5.71. The Morgan fingerprint density at radius 3 is 2.78 bits per heavy atom. The van der Waals surface area contributed by atoms with E-state index in [1.165, 1.54) is 0 Å². The molecule has 0 fully saturated rings. The van der Waals surface area contributed by atoms with Gasteiger partial charge >= 0.3 is 5.97 Å². The van der Waals surface area contributed by atoms with Crippen LogP contribution in [-0.4, -0.2) is 35.5 Å². The van der Waals surface area contributed by atoms with Gasteiger partial charge in [-0.2, -0.15) is 0 Å². The molecule has 0 saturated carbocycles. The van der Waals surface area contributed by atoms with Crippen molar-refractivity contribution in [3.63, 3.8) is 0 Å². The van der Waals surface area contributed by atoms with E-state index in [9.17, 15) is 9.90 Å². The van der Waals surface area contributed by atoms with Crippen LogP contribution in [0.1, 0.15) is 46.5 Å². The Morgan fingerprint density at radius 2 is 2.22 bits per heavy atom. The Balaban J connectivity index is 2.46. The van der Waals surface area contributed by atoms with Gasteiger partial charge in [-0.3, -0.25) is 4.79 Å². The lowest BCUT2D eigenvalue weighted by atomic mass is 9.82. The number of aliphatic hydroxyl groups is 2. The van der Waals surface area contributed by atoms with Crippen LogP contribution in [0.3, 0.4) is 0 Å². The summed E-state index contributed by atoms with van der Waals surface area (Å²) < 4.78 is 5.19. The van der Waals surface area contributed by atoms with Gasteiger partial charge in [-0.05, 0) is 44.1 Å². The Kier molecular flexibility index (Phi) is 8.28. The van der Waals surface area contributed by atoms with Crippen LogP contribution in [0.4, 0.5) is 0 Å². The van der Waals surface area contributed by atoms with Crippen molar-refractivity contribution in [2.45, 2.75) is 52.6 Å². The van der Waals surface area contributed by atoms with E-state index in [1.54, 1.807) is 13.8 Å². The minimum absolute atomic E-state index is 0.0931. The summed E-state index contributed by atoms with van der Waals surface area (Å²) in [5, 5.41) is 19.2. The zero-order chi connectivity index (χ0) is 17.4. The maximum Gasteiger partial charge on any atom is 0.308 e. The van der Waals surface area contributed by atoms with E-state index in [0.717, 1.165) is 36.0 Å². The van der Waals surface area contributed by atoms with E-state index in [2.05, 4.69) is 6.58 Å². The molecule has 1 aliphatic carbocycles. The van der Waals surface area contributed by atoms with Crippen molar-refractivity contribution < 1.29 is 19.7 Å². The van der Waals surface area contributed by atoms with Gasteiger partial charge in [0.1, 0.15) is 6.61 Å². The summed E-state index contributed by atoms with van der Waals surface area (Å²) in [6, 6.07) is 0. The molecule has 0 amide bonds. The van der Waals surface area contributed by atoms with Gasteiger partial charge in [0.2, 0.25) is 0 Å². The first-order chi connectivity index (χ1) is 10.8. The molecular weight excluding hydrogens is 292 g/mol. The van der Waals surface area contributed by atoms with Gasteiger partial charge < -0.3 is 14.9 Å². The molecule has 0 heterocycles. The van der Waals surface area contributed by atoms with Gasteiger partial charge in [0.15, 0.2) is 0 Å². The van der Waals surface area contributed by atoms with E-state index in [0.29, 0.717) is 6.42 Å². The molecule has 2 atom stereocenters. The summed E-state index contributed by atoms with van der Waals surface area (Å²) in [4.78, 5) is 11.5. The molecule has 1 aliphatic rings. The lowest BCUT2D eigenvalue weighted by Crippen LogP contribution is -2.25. The topological polar surface area (TPSA) is 66.8 Å². The van der Waals surface area contributed by atoms with Crippen LogP contribution in [0.15, 0.2) is 35.5 Å². The molecule has 2 N–H and O–H groups in total. The van der Waals surface area contributed by atoms with Crippen molar-refractivity contribution in [1.29, 1.82) is 0 Å². The maximum absolute atomic E-state index is 11.5. The largest absolute Gasteiger partial charge is 0.461 e. The molecule has 0 bridgehead atoms. The Labute approximate surface area is 139 Å². The van der Waals surface area contributed by atoms with Crippen LogP contribution in [0.2, 0.25) is 0 Å². The van der Waals surface area contributed by atoms with Gasteiger partial charge in [-0.1, -0.05) is 43.7 Å². The Hall–Kier alpha value is -1.39. The molecule has 2 unspecified atom stereocenters. The third-order valence-electron chi connectivity index (χ3n) is 4.24.